The molecule has 1 rings (SSSR count). The number of esters is 2. The van der Waals surface area contributed by atoms with Crippen LogP contribution in [0.15, 0.2) is 12.2 Å². The van der Waals surface area contributed by atoms with Crippen LogP contribution in [0.3, 0.4) is 0 Å². The van der Waals surface area contributed by atoms with Gasteiger partial charge in [0.05, 0.1) is 13.2 Å². The van der Waals surface area contributed by atoms with E-state index in [9.17, 15) is 9.59 Å². The van der Waals surface area contributed by atoms with Crippen LogP contribution in [0.2, 0.25) is 0 Å². The number of hydrogen-bond acceptors (Lipinski definition) is 6. The van der Waals surface area contributed by atoms with Gasteiger partial charge in [-0.15, -0.1) is 0 Å². The highest BCUT2D eigenvalue weighted by Crippen LogP contribution is 2.31. The summed E-state index contributed by atoms with van der Waals surface area (Å²) in [6, 6.07) is 0. The Hall–Kier alpha value is -1.40. The molecule has 0 spiro atoms. The Balaban J connectivity index is 2.67. The van der Waals surface area contributed by atoms with Crippen molar-refractivity contribution in [3.8, 4) is 0 Å². The van der Waals surface area contributed by atoms with Gasteiger partial charge in [-0.1, -0.05) is 0 Å². The lowest BCUT2D eigenvalue weighted by molar-refractivity contribution is -0.152. The fraction of sp³-hybridized carbons (Fsp3) is 0.714. The van der Waals surface area contributed by atoms with Crippen LogP contribution >= 0.6 is 0 Å². The Labute approximate surface area is 119 Å². The summed E-state index contributed by atoms with van der Waals surface area (Å²) in [5.74, 6) is -1.53. The number of carbonyl (C=O) groups excluding carboxylic acids is 2. The van der Waals surface area contributed by atoms with Gasteiger partial charge in [0.1, 0.15) is 12.2 Å². The van der Waals surface area contributed by atoms with E-state index in [2.05, 4.69) is 4.74 Å². The largest absolute Gasteiger partial charge is 0.466 e. The van der Waals surface area contributed by atoms with Crippen molar-refractivity contribution >= 4 is 11.9 Å². The average Bonchev–Trinajstić information content (AvgIpc) is 2.59. The predicted molar refractivity (Wildman–Crippen MR) is 70.8 cm³/mol. The maximum atomic E-state index is 11.1. The van der Waals surface area contributed by atoms with E-state index in [-0.39, 0.29) is 24.3 Å². The molecule has 0 aliphatic carbocycles. The molecule has 1 aliphatic heterocycles. The van der Waals surface area contributed by atoms with E-state index in [0.29, 0.717) is 6.42 Å². The molecule has 1 aliphatic rings. The Bertz CT molecular complexity index is 387. The highest BCUT2D eigenvalue weighted by molar-refractivity contribution is 5.81. The van der Waals surface area contributed by atoms with Gasteiger partial charge in [-0.05, 0) is 26.8 Å². The van der Waals surface area contributed by atoms with Gasteiger partial charge in [0.15, 0.2) is 5.79 Å². The van der Waals surface area contributed by atoms with Crippen molar-refractivity contribution < 1.29 is 28.5 Å². The zero-order chi connectivity index (χ0) is 15.3. The third kappa shape index (κ3) is 5.30. The minimum Gasteiger partial charge on any atom is -0.466 e. The molecule has 20 heavy (non-hydrogen) atoms. The molecule has 0 radical (unpaired) electrons. The third-order valence-corrected chi connectivity index (χ3v) is 2.78. The monoisotopic (exact) mass is 286 g/mol. The number of carbonyl (C=O) groups is 2. The first-order chi connectivity index (χ1) is 9.23. The summed E-state index contributed by atoms with van der Waals surface area (Å²) in [7, 11) is 1.31. The Morgan fingerprint density at radius 3 is 2.55 bits per heavy atom. The summed E-state index contributed by atoms with van der Waals surface area (Å²) < 4.78 is 21.1. The Morgan fingerprint density at radius 2 is 2.00 bits per heavy atom. The van der Waals surface area contributed by atoms with Gasteiger partial charge in [0.25, 0.3) is 0 Å². The lowest BCUT2D eigenvalue weighted by atomic mass is 10.1. The average molecular weight is 286 g/mol. The van der Waals surface area contributed by atoms with Crippen molar-refractivity contribution in [2.45, 2.75) is 58.2 Å². The van der Waals surface area contributed by atoms with Gasteiger partial charge in [-0.3, -0.25) is 4.79 Å². The summed E-state index contributed by atoms with van der Waals surface area (Å²) in [4.78, 5) is 22.1. The van der Waals surface area contributed by atoms with Crippen LogP contribution < -0.4 is 0 Å². The molecule has 0 aromatic carbocycles. The lowest BCUT2D eigenvalue weighted by Gasteiger charge is -2.19. The second-order valence-corrected chi connectivity index (χ2v) is 5.18. The van der Waals surface area contributed by atoms with Crippen LogP contribution in [0.1, 0.15) is 34.1 Å². The second-order valence-electron chi connectivity index (χ2n) is 5.18. The van der Waals surface area contributed by atoms with Gasteiger partial charge in [-0.25, -0.2) is 4.79 Å². The third-order valence-electron chi connectivity index (χ3n) is 2.78. The van der Waals surface area contributed by atoms with Crippen LogP contribution in [0.4, 0.5) is 0 Å². The Morgan fingerprint density at radius 1 is 1.35 bits per heavy atom. The second kappa shape index (κ2) is 6.85. The molecule has 3 atom stereocenters. The summed E-state index contributed by atoms with van der Waals surface area (Å²) in [6.07, 6.45) is 2.43. The van der Waals surface area contributed by atoms with E-state index in [4.69, 9.17) is 14.2 Å². The minimum absolute atomic E-state index is 0.288. The Kier molecular flexibility index (Phi) is 5.71. The fourth-order valence-corrected chi connectivity index (χ4v) is 2.11. The molecule has 0 N–H and O–H groups in total. The van der Waals surface area contributed by atoms with Gasteiger partial charge in [0, 0.05) is 19.4 Å². The number of hydrogen-bond donors (Lipinski definition) is 0. The van der Waals surface area contributed by atoms with Gasteiger partial charge in [-0.2, -0.15) is 0 Å². The van der Waals surface area contributed by atoms with Crippen molar-refractivity contribution in [1.29, 1.82) is 0 Å². The zero-order valence-corrected chi connectivity index (χ0v) is 12.5. The molecule has 1 saturated heterocycles. The maximum Gasteiger partial charge on any atom is 0.330 e. The number of ether oxygens (including phenoxy) is 4. The van der Waals surface area contributed by atoms with E-state index in [1.165, 1.54) is 20.1 Å². The smallest absolute Gasteiger partial charge is 0.330 e. The minimum atomic E-state index is -0.744. The zero-order valence-electron chi connectivity index (χ0n) is 12.5. The van der Waals surface area contributed by atoms with E-state index in [1.807, 2.05) is 0 Å². The summed E-state index contributed by atoms with van der Waals surface area (Å²) in [6.45, 7) is 6.74. The molecule has 0 amide bonds. The lowest BCUT2D eigenvalue weighted by Crippen LogP contribution is -2.27. The first-order valence-corrected chi connectivity index (χ1v) is 6.52. The van der Waals surface area contributed by atoms with Crippen LogP contribution in [0, 0.1) is 0 Å². The molecule has 6 heteroatoms. The topological polar surface area (TPSA) is 71.1 Å². The fourth-order valence-electron chi connectivity index (χ4n) is 2.11. The van der Waals surface area contributed by atoms with Crippen LogP contribution in [-0.2, 0) is 28.5 Å². The standard InChI is InChI=1S/C14H22O6/c1-9(18-10(2)15)8-12-11(6-7-13(16)17-5)19-14(3,4)20-12/h6-7,9,11-12H,8H2,1-5H3/b7-6+. The molecule has 0 aromatic heterocycles. The molecule has 1 fully saturated rings. The molecule has 6 nitrogen and oxygen atoms in total. The molecule has 114 valence electrons. The first kappa shape index (κ1) is 16.7. The van der Waals surface area contributed by atoms with E-state index >= 15 is 0 Å². The maximum absolute atomic E-state index is 11.1. The summed E-state index contributed by atoms with van der Waals surface area (Å²) in [5, 5.41) is 0. The van der Waals surface area contributed by atoms with Gasteiger partial charge < -0.3 is 18.9 Å². The summed E-state index contributed by atoms with van der Waals surface area (Å²) in [5.41, 5.74) is 0. The summed E-state index contributed by atoms with van der Waals surface area (Å²) >= 11 is 0. The SMILES string of the molecule is COC(=O)/C=C/C1OC(C)(C)OC1CC(C)OC(C)=O. The normalized spacial score (nSPS) is 26.4. The van der Waals surface area contributed by atoms with Crippen LogP contribution in [0.25, 0.3) is 0 Å². The van der Waals surface area contributed by atoms with E-state index in [1.54, 1.807) is 26.8 Å². The highest BCUT2D eigenvalue weighted by Gasteiger charge is 2.40. The number of rotatable bonds is 5. The van der Waals surface area contributed by atoms with E-state index < -0.39 is 11.8 Å². The molecule has 3 unspecified atom stereocenters. The molecule has 1 heterocycles. The molecule has 0 aromatic rings. The highest BCUT2D eigenvalue weighted by atomic mass is 16.8. The van der Waals surface area contributed by atoms with Crippen molar-refractivity contribution in [1.82, 2.24) is 0 Å². The predicted octanol–water partition coefficient (Wildman–Crippen LogP) is 1.58. The van der Waals surface area contributed by atoms with Crippen molar-refractivity contribution in [3.05, 3.63) is 12.2 Å². The van der Waals surface area contributed by atoms with Gasteiger partial charge in [0.2, 0.25) is 0 Å². The van der Waals surface area contributed by atoms with Crippen molar-refractivity contribution in [3.63, 3.8) is 0 Å². The molecule has 0 bridgehead atoms. The van der Waals surface area contributed by atoms with Gasteiger partial charge >= 0.3 is 11.9 Å². The van der Waals surface area contributed by atoms with Crippen molar-refractivity contribution in [2.24, 2.45) is 0 Å². The van der Waals surface area contributed by atoms with Crippen LogP contribution in [-0.4, -0.2) is 43.1 Å². The van der Waals surface area contributed by atoms with Crippen molar-refractivity contribution in [2.75, 3.05) is 7.11 Å². The van der Waals surface area contributed by atoms with Crippen LogP contribution in [0.5, 0.6) is 0 Å². The van der Waals surface area contributed by atoms with E-state index in [0.717, 1.165) is 0 Å². The first-order valence-electron chi connectivity index (χ1n) is 6.52. The molecule has 0 saturated carbocycles. The number of methoxy groups -OCH3 is 1. The molecular formula is C14H22O6. The quantitative estimate of drug-likeness (QED) is 0.564. The molecular weight excluding hydrogens is 264 g/mol.